The average molecular weight is 293 g/mol. The Hall–Kier alpha value is -2.24. The Morgan fingerprint density at radius 3 is 2.62 bits per heavy atom. The largest absolute Gasteiger partial charge is 0.481 e. The van der Waals surface area contributed by atoms with E-state index in [4.69, 9.17) is 10.8 Å². The maximum atomic E-state index is 12.1. The van der Waals surface area contributed by atoms with Gasteiger partial charge in [-0.15, -0.1) is 0 Å². The zero-order valence-corrected chi connectivity index (χ0v) is 12.5. The molecule has 6 nitrogen and oxygen atoms in total. The lowest BCUT2D eigenvalue weighted by Crippen LogP contribution is -2.46. The number of carbonyl (C=O) groups excluding carboxylic acids is 1. The van der Waals surface area contributed by atoms with Crippen LogP contribution in [0.3, 0.4) is 0 Å². The number of carboxylic acids is 1. The number of anilines is 2. The van der Waals surface area contributed by atoms with Crippen molar-refractivity contribution in [1.29, 1.82) is 0 Å². The van der Waals surface area contributed by atoms with E-state index in [9.17, 15) is 9.59 Å². The van der Waals surface area contributed by atoms with Crippen molar-refractivity contribution in [2.24, 2.45) is 0 Å². The number of hydrogen-bond donors (Lipinski definition) is 3. The fraction of sp³-hybridized carbons (Fsp3) is 0.467. The first-order valence-electron chi connectivity index (χ1n) is 7.08. The first kappa shape index (κ1) is 16.8. The van der Waals surface area contributed by atoms with Gasteiger partial charge in [0.1, 0.15) is 6.04 Å². The monoisotopic (exact) mass is 293 g/mol. The van der Waals surface area contributed by atoms with Crippen molar-refractivity contribution in [3.05, 3.63) is 24.3 Å². The van der Waals surface area contributed by atoms with Crippen LogP contribution in [0.25, 0.3) is 0 Å². The van der Waals surface area contributed by atoms with Crippen LogP contribution < -0.4 is 16.0 Å². The van der Waals surface area contributed by atoms with Gasteiger partial charge in [-0.1, -0.05) is 19.1 Å². The van der Waals surface area contributed by atoms with Gasteiger partial charge in [0.05, 0.1) is 17.8 Å². The van der Waals surface area contributed by atoms with Gasteiger partial charge >= 0.3 is 5.97 Å². The lowest BCUT2D eigenvalue weighted by Gasteiger charge is -2.31. The van der Waals surface area contributed by atoms with Crippen LogP contribution in [-0.4, -0.2) is 36.1 Å². The first-order valence-corrected chi connectivity index (χ1v) is 7.08. The second-order valence-electron chi connectivity index (χ2n) is 4.86. The van der Waals surface area contributed by atoms with Crippen LogP contribution in [-0.2, 0) is 9.59 Å². The highest BCUT2D eigenvalue weighted by molar-refractivity contribution is 5.86. The molecule has 0 aromatic heterocycles. The number of nitrogens with two attached hydrogens (primary N) is 1. The molecule has 1 aromatic rings. The Balaban J connectivity index is 2.93. The number of hydrogen-bond acceptors (Lipinski definition) is 4. The molecule has 0 saturated heterocycles. The fourth-order valence-electron chi connectivity index (χ4n) is 2.03. The molecule has 4 N–H and O–H groups in total. The summed E-state index contributed by atoms with van der Waals surface area (Å²) in [5.74, 6) is -1.04. The van der Waals surface area contributed by atoms with Crippen molar-refractivity contribution in [2.45, 2.75) is 32.7 Å². The number of rotatable bonds is 8. The van der Waals surface area contributed by atoms with E-state index in [2.05, 4.69) is 5.32 Å². The number of aliphatic carboxylic acids is 1. The number of amides is 1. The molecule has 116 valence electrons. The van der Waals surface area contributed by atoms with E-state index in [0.717, 1.165) is 6.42 Å². The van der Waals surface area contributed by atoms with E-state index in [-0.39, 0.29) is 18.9 Å². The molecule has 6 heteroatoms. The van der Waals surface area contributed by atoms with Crippen LogP contribution in [0.2, 0.25) is 0 Å². The molecule has 0 saturated carbocycles. The predicted octanol–water partition coefficient (Wildman–Crippen LogP) is 1.46. The smallest absolute Gasteiger partial charge is 0.305 e. The van der Waals surface area contributed by atoms with Gasteiger partial charge in [0.2, 0.25) is 5.91 Å². The average Bonchev–Trinajstić information content (AvgIpc) is 2.46. The fourth-order valence-corrected chi connectivity index (χ4v) is 2.03. The number of benzene rings is 1. The molecule has 21 heavy (non-hydrogen) atoms. The molecule has 0 fully saturated rings. The normalized spacial score (nSPS) is 11.7. The van der Waals surface area contributed by atoms with E-state index in [1.807, 2.05) is 13.0 Å². The minimum atomic E-state index is -0.907. The third kappa shape index (κ3) is 4.98. The van der Waals surface area contributed by atoms with Crippen LogP contribution in [0.15, 0.2) is 24.3 Å². The topological polar surface area (TPSA) is 95.7 Å². The third-order valence-corrected chi connectivity index (χ3v) is 3.21. The summed E-state index contributed by atoms with van der Waals surface area (Å²) in [6.45, 7) is 4.55. The summed E-state index contributed by atoms with van der Waals surface area (Å²) in [6, 6.07) is 6.66. The minimum absolute atomic E-state index is 0.0558. The predicted molar refractivity (Wildman–Crippen MR) is 83.2 cm³/mol. The molecule has 1 unspecified atom stereocenters. The Morgan fingerprint density at radius 2 is 2.05 bits per heavy atom. The van der Waals surface area contributed by atoms with Gasteiger partial charge in [-0.05, 0) is 25.5 Å². The minimum Gasteiger partial charge on any atom is -0.481 e. The second kappa shape index (κ2) is 8.14. The standard InChI is InChI=1S/C15H23N3O3/c1-3-9-17-15(21)11(2)18(10-8-14(19)20)13-7-5-4-6-12(13)16/h4-7,11H,3,8-10,16H2,1-2H3,(H,17,21)(H,19,20). The first-order chi connectivity index (χ1) is 9.97. The van der Waals surface area contributed by atoms with E-state index < -0.39 is 12.0 Å². The van der Waals surface area contributed by atoms with Crippen molar-refractivity contribution in [2.75, 3.05) is 23.7 Å². The third-order valence-electron chi connectivity index (χ3n) is 3.21. The highest BCUT2D eigenvalue weighted by Crippen LogP contribution is 2.24. The summed E-state index contributed by atoms with van der Waals surface area (Å²) < 4.78 is 0. The molecular weight excluding hydrogens is 270 g/mol. The molecule has 0 aliphatic heterocycles. The van der Waals surface area contributed by atoms with Gasteiger partial charge in [0.25, 0.3) is 0 Å². The summed E-state index contributed by atoms with van der Waals surface area (Å²) in [4.78, 5) is 24.7. The van der Waals surface area contributed by atoms with E-state index in [1.54, 1.807) is 30.0 Å². The molecule has 0 aliphatic rings. The summed E-state index contributed by atoms with van der Waals surface area (Å²) in [6.07, 6.45) is 0.792. The molecule has 1 amide bonds. The van der Waals surface area contributed by atoms with Gasteiger partial charge in [-0.2, -0.15) is 0 Å². The van der Waals surface area contributed by atoms with Crippen molar-refractivity contribution in [3.8, 4) is 0 Å². The maximum absolute atomic E-state index is 12.1. The van der Waals surface area contributed by atoms with Crippen molar-refractivity contribution in [1.82, 2.24) is 5.32 Å². The quantitative estimate of drug-likeness (QED) is 0.631. The summed E-state index contributed by atoms with van der Waals surface area (Å²) in [5, 5.41) is 11.7. The zero-order chi connectivity index (χ0) is 15.8. The highest BCUT2D eigenvalue weighted by Gasteiger charge is 2.23. The lowest BCUT2D eigenvalue weighted by atomic mass is 10.1. The molecule has 0 spiro atoms. The van der Waals surface area contributed by atoms with Crippen molar-refractivity contribution in [3.63, 3.8) is 0 Å². The van der Waals surface area contributed by atoms with Gasteiger partial charge in [0.15, 0.2) is 0 Å². The molecule has 0 bridgehead atoms. The number of nitrogen functional groups attached to an aromatic ring is 1. The lowest BCUT2D eigenvalue weighted by molar-refractivity contribution is -0.137. The van der Waals surface area contributed by atoms with Crippen molar-refractivity contribution >= 4 is 23.3 Å². The van der Waals surface area contributed by atoms with Gasteiger partial charge in [0, 0.05) is 13.1 Å². The Morgan fingerprint density at radius 1 is 1.38 bits per heavy atom. The molecule has 0 heterocycles. The molecule has 1 rings (SSSR count). The van der Waals surface area contributed by atoms with Crippen molar-refractivity contribution < 1.29 is 14.7 Å². The Labute approximate surface area is 124 Å². The van der Waals surface area contributed by atoms with Gasteiger partial charge in [-0.25, -0.2) is 0 Å². The van der Waals surface area contributed by atoms with E-state index >= 15 is 0 Å². The molecule has 0 radical (unpaired) electrons. The van der Waals surface area contributed by atoms with Crippen LogP contribution in [0.1, 0.15) is 26.7 Å². The number of carbonyl (C=O) groups is 2. The van der Waals surface area contributed by atoms with Crippen LogP contribution >= 0.6 is 0 Å². The molecule has 0 aliphatic carbocycles. The summed E-state index contributed by atoms with van der Waals surface area (Å²) >= 11 is 0. The number of nitrogens with one attached hydrogen (secondary N) is 1. The Kier molecular flexibility index (Phi) is 6.52. The summed E-state index contributed by atoms with van der Waals surface area (Å²) in [7, 11) is 0. The van der Waals surface area contributed by atoms with Crippen LogP contribution in [0, 0.1) is 0 Å². The van der Waals surface area contributed by atoms with Gasteiger partial charge in [-0.3, -0.25) is 9.59 Å². The molecule has 1 atom stereocenters. The van der Waals surface area contributed by atoms with Crippen LogP contribution in [0.5, 0.6) is 0 Å². The second-order valence-corrected chi connectivity index (χ2v) is 4.86. The van der Waals surface area contributed by atoms with E-state index in [0.29, 0.717) is 17.9 Å². The van der Waals surface area contributed by atoms with Gasteiger partial charge < -0.3 is 21.1 Å². The van der Waals surface area contributed by atoms with Crippen LogP contribution in [0.4, 0.5) is 11.4 Å². The number of para-hydroxylation sites is 2. The van der Waals surface area contributed by atoms with E-state index in [1.165, 1.54) is 0 Å². The SMILES string of the molecule is CCCNC(=O)C(C)N(CCC(=O)O)c1ccccc1N. The number of nitrogens with zero attached hydrogens (tertiary/aromatic N) is 1. The Bertz CT molecular complexity index is 491. The molecular formula is C15H23N3O3. The summed E-state index contributed by atoms with van der Waals surface area (Å²) in [5.41, 5.74) is 7.15. The number of carboxylic acid groups (broad SMARTS) is 1. The maximum Gasteiger partial charge on any atom is 0.305 e. The highest BCUT2D eigenvalue weighted by atomic mass is 16.4. The molecule has 1 aromatic carbocycles. The zero-order valence-electron chi connectivity index (χ0n) is 12.5.